The van der Waals surface area contributed by atoms with Crippen LogP contribution in [0.5, 0.6) is 0 Å². The van der Waals surface area contributed by atoms with E-state index in [0.717, 1.165) is 30.1 Å². The molecule has 0 radical (unpaired) electrons. The van der Waals surface area contributed by atoms with E-state index in [1.54, 1.807) is 11.3 Å². The zero-order valence-corrected chi connectivity index (χ0v) is 12.9. The molecule has 20 heavy (non-hydrogen) atoms. The van der Waals surface area contributed by atoms with Crippen molar-refractivity contribution in [1.82, 2.24) is 14.6 Å². The average molecular weight is 308 g/mol. The molecule has 1 N–H and O–H groups in total. The molecule has 5 nitrogen and oxygen atoms in total. The Bertz CT molecular complexity index is 596. The molecule has 2 heterocycles. The molecular formula is C13H16N4OS2. The van der Waals surface area contributed by atoms with Gasteiger partial charge in [0.05, 0.1) is 11.4 Å². The first-order valence-corrected chi connectivity index (χ1v) is 8.48. The maximum atomic E-state index is 12.2. The summed E-state index contributed by atoms with van der Waals surface area (Å²) in [7, 11) is 0. The molecular weight excluding hydrogens is 292 g/mol. The molecule has 0 saturated carbocycles. The fraction of sp³-hybridized carbons (Fsp3) is 0.538. The highest BCUT2D eigenvalue weighted by Crippen LogP contribution is 2.29. The van der Waals surface area contributed by atoms with Crippen LogP contribution in [0.3, 0.4) is 0 Å². The van der Waals surface area contributed by atoms with Crippen molar-refractivity contribution in [2.24, 2.45) is 0 Å². The van der Waals surface area contributed by atoms with Crippen molar-refractivity contribution in [3.05, 3.63) is 21.1 Å². The van der Waals surface area contributed by atoms with Crippen LogP contribution < -0.4 is 5.32 Å². The Kier molecular flexibility index (Phi) is 4.07. The monoisotopic (exact) mass is 308 g/mol. The summed E-state index contributed by atoms with van der Waals surface area (Å²) in [4.78, 5) is 18.7. The van der Waals surface area contributed by atoms with Gasteiger partial charge in [0.25, 0.3) is 5.91 Å². The normalized spacial score (nSPS) is 14.7. The van der Waals surface area contributed by atoms with E-state index in [0.29, 0.717) is 16.4 Å². The summed E-state index contributed by atoms with van der Waals surface area (Å²) in [5.74, 6) is -0.138. The lowest BCUT2D eigenvalue weighted by molar-refractivity contribution is 0.102. The van der Waals surface area contributed by atoms with Gasteiger partial charge in [0.2, 0.25) is 0 Å². The minimum absolute atomic E-state index is 0.138. The second-order valence-corrected chi connectivity index (χ2v) is 6.64. The Morgan fingerprint density at radius 1 is 1.30 bits per heavy atom. The molecule has 0 bridgehead atoms. The molecule has 0 aromatic carbocycles. The zero-order valence-electron chi connectivity index (χ0n) is 11.3. The third-order valence-corrected chi connectivity index (χ3v) is 5.25. The van der Waals surface area contributed by atoms with Crippen LogP contribution in [-0.4, -0.2) is 20.5 Å². The Labute approximate surface area is 125 Å². The molecule has 106 valence electrons. The smallest absolute Gasteiger partial charge is 0.271 e. The minimum atomic E-state index is -0.138. The molecule has 2 aromatic heterocycles. The Balaban J connectivity index is 1.76. The van der Waals surface area contributed by atoms with Crippen LogP contribution in [0.25, 0.3) is 0 Å². The third-order valence-electron chi connectivity index (χ3n) is 3.41. The largest absolute Gasteiger partial charge is 0.297 e. The van der Waals surface area contributed by atoms with E-state index >= 15 is 0 Å². The molecule has 1 aliphatic rings. The van der Waals surface area contributed by atoms with Crippen molar-refractivity contribution in [2.75, 3.05) is 5.32 Å². The molecule has 0 atom stereocenters. The number of amides is 1. The van der Waals surface area contributed by atoms with Crippen LogP contribution in [0.2, 0.25) is 0 Å². The number of aromatic nitrogens is 3. The lowest BCUT2D eigenvalue weighted by Crippen LogP contribution is -2.12. The first-order valence-electron chi connectivity index (χ1n) is 6.89. The van der Waals surface area contributed by atoms with E-state index in [1.165, 1.54) is 29.8 Å². The van der Waals surface area contributed by atoms with Gasteiger partial charge in [0.15, 0.2) is 5.13 Å². The highest BCUT2D eigenvalue weighted by molar-refractivity contribution is 7.16. The number of thiazole rings is 1. The number of carbonyl (C=O) groups excluding carboxylic acids is 1. The van der Waals surface area contributed by atoms with Crippen LogP contribution in [0.4, 0.5) is 5.13 Å². The predicted molar refractivity (Wildman–Crippen MR) is 80.6 cm³/mol. The van der Waals surface area contributed by atoms with Crippen LogP contribution in [-0.2, 0) is 19.3 Å². The van der Waals surface area contributed by atoms with Crippen LogP contribution >= 0.6 is 22.9 Å². The topological polar surface area (TPSA) is 67.8 Å². The quantitative estimate of drug-likeness (QED) is 0.885. The summed E-state index contributed by atoms with van der Waals surface area (Å²) in [5.41, 5.74) is 1.92. The minimum Gasteiger partial charge on any atom is -0.297 e. The average Bonchev–Trinajstić information content (AvgIpc) is 3.01. The number of nitrogens with one attached hydrogen (secondary N) is 1. The number of fused-ring (bicyclic) bond motifs is 1. The number of hydrogen-bond acceptors (Lipinski definition) is 6. The molecule has 3 rings (SSSR count). The standard InChI is InChI=1S/C13H16N4OS2/c1-2-8-11(20-17-16-8)12(18)15-13-14-9-6-4-3-5-7-10(9)19-13/h2-7H2,1H3,(H,14,15,18). The lowest BCUT2D eigenvalue weighted by Gasteiger charge is -1.99. The van der Waals surface area contributed by atoms with Crippen molar-refractivity contribution in [1.29, 1.82) is 0 Å². The van der Waals surface area contributed by atoms with Gasteiger partial charge in [-0.1, -0.05) is 17.8 Å². The van der Waals surface area contributed by atoms with Gasteiger partial charge in [0.1, 0.15) is 4.88 Å². The number of hydrogen-bond donors (Lipinski definition) is 1. The number of rotatable bonds is 3. The van der Waals surface area contributed by atoms with E-state index in [4.69, 9.17) is 0 Å². The maximum Gasteiger partial charge on any atom is 0.271 e. The molecule has 2 aromatic rings. The van der Waals surface area contributed by atoms with Crippen molar-refractivity contribution < 1.29 is 4.79 Å². The summed E-state index contributed by atoms with van der Waals surface area (Å²) in [5, 5.41) is 7.57. The predicted octanol–water partition coefficient (Wildman–Crippen LogP) is 3.08. The van der Waals surface area contributed by atoms with Gasteiger partial charge >= 0.3 is 0 Å². The third kappa shape index (κ3) is 2.73. The first kappa shape index (κ1) is 13.6. The fourth-order valence-corrected chi connectivity index (χ4v) is 4.04. The van der Waals surface area contributed by atoms with E-state index in [2.05, 4.69) is 19.9 Å². The highest BCUT2D eigenvalue weighted by atomic mass is 32.1. The second kappa shape index (κ2) is 5.97. The molecule has 1 amide bonds. The molecule has 0 aliphatic heterocycles. The van der Waals surface area contributed by atoms with Crippen molar-refractivity contribution in [3.63, 3.8) is 0 Å². The van der Waals surface area contributed by atoms with Gasteiger partial charge in [-0.3, -0.25) is 10.1 Å². The summed E-state index contributed by atoms with van der Waals surface area (Å²) in [6, 6.07) is 0. The van der Waals surface area contributed by atoms with Gasteiger partial charge < -0.3 is 0 Å². The molecule has 7 heteroatoms. The molecule has 0 saturated heterocycles. The maximum absolute atomic E-state index is 12.2. The van der Waals surface area contributed by atoms with Crippen molar-refractivity contribution in [2.45, 2.75) is 45.4 Å². The van der Waals surface area contributed by atoms with Crippen LogP contribution in [0, 0.1) is 0 Å². The van der Waals surface area contributed by atoms with Gasteiger partial charge in [-0.2, -0.15) is 0 Å². The SMILES string of the molecule is CCc1nnsc1C(=O)Nc1nc2c(s1)CCCCC2. The molecule has 1 aliphatic carbocycles. The van der Waals surface area contributed by atoms with Crippen molar-refractivity contribution in [3.8, 4) is 0 Å². The summed E-state index contributed by atoms with van der Waals surface area (Å²) in [6.45, 7) is 1.97. The first-order chi connectivity index (χ1) is 9.78. The van der Waals surface area contributed by atoms with Crippen LogP contribution in [0.1, 0.15) is 52.1 Å². The Hall–Kier alpha value is -1.34. The number of nitrogens with zero attached hydrogens (tertiary/aromatic N) is 3. The number of carbonyl (C=O) groups is 1. The Morgan fingerprint density at radius 3 is 3.00 bits per heavy atom. The second-order valence-electron chi connectivity index (χ2n) is 4.81. The molecule has 0 spiro atoms. The van der Waals surface area contributed by atoms with E-state index in [9.17, 15) is 4.79 Å². The van der Waals surface area contributed by atoms with Gasteiger partial charge in [0, 0.05) is 4.88 Å². The molecule has 0 fully saturated rings. The van der Waals surface area contributed by atoms with Gasteiger partial charge in [-0.15, -0.1) is 16.4 Å². The highest BCUT2D eigenvalue weighted by Gasteiger charge is 2.19. The van der Waals surface area contributed by atoms with Gasteiger partial charge in [-0.25, -0.2) is 4.98 Å². The van der Waals surface area contributed by atoms with E-state index in [1.807, 2.05) is 6.92 Å². The fourth-order valence-electron chi connectivity index (χ4n) is 2.35. The van der Waals surface area contributed by atoms with Gasteiger partial charge in [-0.05, 0) is 43.6 Å². The number of aryl methyl sites for hydroxylation is 3. The number of anilines is 1. The van der Waals surface area contributed by atoms with Crippen molar-refractivity contribution >= 4 is 33.9 Å². The van der Waals surface area contributed by atoms with Crippen LogP contribution in [0.15, 0.2) is 0 Å². The summed E-state index contributed by atoms with van der Waals surface area (Å²) >= 11 is 2.75. The summed E-state index contributed by atoms with van der Waals surface area (Å²) in [6.07, 6.45) is 6.53. The van der Waals surface area contributed by atoms with E-state index in [-0.39, 0.29) is 5.91 Å². The van der Waals surface area contributed by atoms with E-state index < -0.39 is 0 Å². The molecule has 0 unspecified atom stereocenters. The summed E-state index contributed by atoms with van der Waals surface area (Å²) < 4.78 is 3.85. The lowest BCUT2D eigenvalue weighted by atomic mass is 10.2. The Morgan fingerprint density at radius 2 is 2.15 bits per heavy atom. The zero-order chi connectivity index (χ0) is 13.9.